The smallest absolute Gasteiger partial charge is 0.133 e. The second-order valence-electron chi connectivity index (χ2n) is 3.76. The van der Waals surface area contributed by atoms with E-state index in [4.69, 9.17) is 21.6 Å². The van der Waals surface area contributed by atoms with Gasteiger partial charge in [0.2, 0.25) is 0 Å². The van der Waals surface area contributed by atoms with Crippen LogP contribution in [-0.4, -0.2) is 11.6 Å². The van der Waals surface area contributed by atoms with Crippen LogP contribution in [0.3, 0.4) is 0 Å². The van der Waals surface area contributed by atoms with E-state index in [-0.39, 0.29) is 5.15 Å². The minimum atomic E-state index is 0.285. The Morgan fingerprint density at radius 3 is 2.68 bits per heavy atom. The Kier molecular flexibility index (Phi) is 4.22. The van der Waals surface area contributed by atoms with E-state index in [0.717, 1.165) is 11.4 Å². The Morgan fingerprint density at radius 1 is 1.32 bits per heavy atom. The molecular weight excluding hydrogens is 262 g/mol. The lowest BCUT2D eigenvalue weighted by atomic mass is 10.2. The van der Waals surface area contributed by atoms with Crippen LogP contribution in [0.5, 0.6) is 5.75 Å². The van der Waals surface area contributed by atoms with Gasteiger partial charge < -0.3 is 10.1 Å². The van der Waals surface area contributed by atoms with Crippen LogP contribution in [0.25, 0.3) is 0 Å². The van der Waals surface area contributed by atoms with Crippen molar-refractivity contribution in [2.45, 2.75) is 6.92 Å². The molecule has 0 unspecified atom stereocenters. The van der Waals surface area contributed by atoms with Crippen molar-refractivity contribution in [2.24, 2.45) is 0 Å². The number of nitriles is 1. The maximum Gasteiger partial charge on any atom is 0.133 e. The molecule has 2 rings (SSSR count). The maximum atomic E-state index is 8.87. The van der Waals surface area contributed by atoms with Gasteiger partial charge >= 0.3 is 0 Å². The molecule has 19 heavy (non-hydrogen) atoms. The molecule has 0 aliphatic heterocycles. The van der Waals surface area contributed by atoms with Crippen molar-refractivity contribution in [1.82, 2.24) is 4.98 Å². The number of nitrogens with one attached hydrogen (secondary N) is 1. The molecule has 1 aromatic heterocycles. The first-order chi connectivity index (χ1) is 9.21. The lowest BCUT2D eigenvalue weighted by molar-refractivity contribution is 0.340. The largest absolute Gasteiger partial charge is 0.494 e. The Hall–Kier alpha value is -2.25. The van der Waals surface area contributed by atoms with Crippen molar-refractivity contribution in [2.75, 3.05) is 11.9 Å². The fourth-order valence-corrected chi connectivity index (χ4v) is 1.78. The minimum absolute atomic E-state index is 0.285. The molecular formula is C14H12ClN3O. The number of halogens is 1. The van der Waals surface area contributed by atoms with Gasteiger partial charge in [0, 0.05) is 5.69 Å². The summed E-state index contributed by atoms with van der Waals surface area (Å²) in [6.45, 7) is 2.57. The van der Waals surface area contributed by atoms with E-state index < -0.39 is 0 Å². The summed E-state index contributed by atoms with van der Waals surface area (Å²) in [6.07, 6.45) is 0. The van der Waals surface area contributed by atoms with E-state index in [9.17, 15) is 0 Å². The molecule has 0 saturated carbocycles. The van der Waals surface area contributed by atoms with Gasteiger partial charge in [0.1, 0.15) is 16.7 Å². The number of nitrogens with zero attached hydrogens (tertiary/aromatic N) is 2. The lowest BCUT2D eigenvalue weighted by Gasteiger charge is -2.08. The molecule has 4 nitrogen and oxygen atoms in total. The lowest BCUT2D eigenvalue weighted by Crippen LogP contribution is -1.95. The van der Waals surface area contributed by atoms with E-state index >= 15 is 0 Å². The summed E-state index contributed by atoms with van der Waals surface area (Å²) < 4.78 is 5.36. The van der Waals surface area contributed by atoms with Crippen molar-refractivity contribution >= 4 is 23.1 Å². The predicted molar refractivity (Wildman–Crippen MR) is 74.9 cm³/mol. The summed E-state index contributed by atoms with van der Waals surface area (Å²) in [7, 11) is 0. The number of benzene rings is 1. The average Bonchev–Trinajstić information content (AvgIpc) is 2.40. The highest BCUT2D eigenvalue weighted by atomic mass is 35.5. The first kappa shape index (κ1) is 13.2. The third-order valence-corrected chi connectivity index (χ3v) is 2.55. The van der Waals surface area contributed by atoms with E-state index in [1.807, 2.05) is 37.3 Å². The summed E-state index contributed by atoms with van der Waals surface area (Å²) in [4.78, 5) is 4.11. The van der Waals surface area contributed by atoms with Gasteiger partial charge in [-0.25, -0.2) is 4.98 Å². The molecule has 0 saturated heterocycles. The number of rotatable bonds is 4. The van der Waals surface area contributed by atoms with Crippen LogP contribution >= 0.6 is 11.6 Å². The summed E-state index contributed by atoms with van der Waals surface area (Å²) in [5.41, 5.74) is 1.32. The number of ether oxygens (including phenoxy) is 1. The molecule has 0 spiro atoms. The average molecular weight is 274 g/mol. The van der Waals surface area contributed by atoms with Crippen LogP contribution in [0.4, 0.5) is 11.5 Å². The normalized spacial score (nSPS) is 9.74. The Morgan fingerprint density at radius 2 is 2.05 bits per heavy atom. The van der Waals surface area contributed by atoms with E-state index in [0.29, 0.717) is 18.0 Å². The summed E-state index contributed by atoms with van der Waals surface area (Å²) in [6, 6.07) is 12.7. The zero-order valence-corrected chi connectivity index (χ0v) is 11.1. The predicted octanol–water partition coefficient (Wildman–Crippen LogP) is 3.75. The molecule has 0 radical (unpaired) electrons. The van der Waals surface area contributed by atoms with Gasteiger partial charge in [0.25, 0.3) is 0 Å². The van der Waals surface area contributed by atoms with Crippen molar-refractivity contribution in [3.05, 3.63) is 47.1 Å². The highest BCUT2D eigenvalue weighted by Gasteiger charge is 2.02. The number of hydrogen-bond donors (Lipinski definition) is 1. The third-order valence-electron chi connectivity index (χ3n) is 2.36. The molecule has 0 atom stereocenters. The fourth-order valence-electron chi connectivity index (χ4n) is 1.57. The molecule has 0 aliphatic rings. The molecule has 96 valence electrons. The summed E-state index contributed by atoms with van der Waals surface area (Å²) in [5, 5.41) is 12.2. The summed E-state index contributed by atoms with van der Waals surface area (Å²) >= 11 is 5.84. The van der Waals surface area contributed by atoms with Gasteiger partial charge in [-0.15, -0.1) is 0 Å². The third kappa shape index (κ3) is 3.60. The molecule has 5 heteroatoms. The highest BCUT2D eigenvalue weighted by Crippen LogP contribution is 2.21. The van der Waals surface area contributed by atoms with Crippen LogP contribution in [0.2, 0.25) is 5.15 Å². The number of hydrogen-bond acceptors (Lipinski definition) is 4. The molecule has 2 aromatic rings. The SMILES string of the molecule is CCOc1ccc(Nc2cc(C#N)cc(Cl)n2)cc1. The first-order valence-electron chi connectivity index (χ1n) is 5.79. The van der Waals surface area contributed by atoms with Gasteiger partial charge in [-0.1, -0.05) is 11.6 Å². The summed E-state index contributed by atoms with van der Waals surface area (Å²) in [5.74, 6) is 1.35. The Balaban J connectivity index is 2.17. The molecule has 0 aliphatic carbocycles. The molecule has 0 fully saturated rings. The monoisotopic (exact) mass is 273 g/mol. The maximum absolute atomic E-state index is 8.87. The zero-order chi connectivity index (χ0) is 13.7. The Bertz CT molecular complexity index is 605. The molecule has 0 bridgehead atoms. The molecule has 0 amide bonds. The van der Waals surface area contributed by atoms with Crippen LogP contribution in [0.15, 0.2) is 36.4 Å². The van der Waals surface area contributed by atoms with Crippen molar-refractivity contribution in [1.29, 1.82) is 5.26 Å². The van der Waals surface area contributed by atoms with Crippen LogP contribution in [0, 0.1) is 11.3 Å². The van der Waals surface area contributed by atoms with Gasteiger partial charge in [-0.2, -0.15) is 5.26 Å². The van der Waals surface area contributed by atoms with Crippen LogP contribution in [0.1, 0.15) is 12.5 Å². The van der Waals surface area contributed by atoms with Crippen LogP contribution in [-0.2, 0) is 0 Å². The minimum Gasteiger partial charge on any atom is -0.494 e. The second kappa shape index (κ2) is 6.07. The van der Waals surface area contributed by atoms with E-state index in [1.165, 1.54) is 6.07 Å². The van der Waals surface area contributed by atoms with Gasteiger partial charge in [0.05, 0.1) is 18.2 Å². The van der Waals surface area contributed by atoms with Gasteiger partial charge in [-0.05, 0) is 43.3 Å². The van der Waals surface area contributed by atoms with Crippen molar-refractivity contribution < 1.29 is 4.74 Å². The molecule has 1 heterocycles. The number of aromatic nitrogens is 1. The highest BCUT2D eigenvalue weighted by molar-refractivity contribution is 6.29. The topological polar surface area (TPSA) is 57.9 Å². The van der Waals surface area contributed by atoms with Crippen molar-refractivity contribution in [3.8, 4) is 11.8 Å². The molecule has 1 aromatic carbocycles. The van der Waals surface area contributed by atoms with E-state index in [2.05, 4.69) is 10.3 Å². The number of anilines is 2. The first-order valence-corrected chi connectivity index (χ1v) is 6.16. The fraction of sp³-hybridized carbons (Fsp3) is 0.143. The van der Waals surface area contributed by atoms with Gasteiger partial charge in [0.15, 0.2) is 0 Å². The van der Waals surface area contributed by atoms with Crippen molar-refractivity contribution in [3.63, 3.8) is 0 Å². The van der Waals surface area contributed by atoms with Crippen LogP contribution < -0.4 is 10.1 Å². The molecule has 1 N–H and O–H groups in total. The quantitative estimate of drug-likeness (QED) is 0.862. The Labute approximate surface area is 116 Å². The van der Waals surface area contributed by atoms with Gasteiger partial charge in [-0.3, -0.25) is 0 Å². The number of pyridine rings is 1. The zero-order valence-electron chi connectivity index (χ0n) is 10.4. The standard InChI is InChI=1S/C14H12ClN3O/c1-2-19-12-5-3-11(4-6-12)17-14-8-10(9-16)7-13(15)18-14/h3-8H,2H2,1H3,(H,17,18). The van der Waals surface area contributed by atoms with E-state index in [1.54, 1.807) is 6.07 Å². The second-order valence-corrected chi connectivity index (χ2v) is 4.15.